The highest BCUT2D eigenvalue weighted by molar-refractivity contribution is 7.90. The summed E-state index contributed by atoms with van der Waals surface area (Å²) in [6.07, 6.45) is 1.17. The maximum atomic E-state index is 11.5. The fourth-order valence-electron chi connectivity index (χ4n) is 2.05. The number of sulfone groups is 1. The Morgan fingerprint density at radius 1 is 1.45 bits per heavy atom. The molecule has 1 aliphatic rings. The molecule has 0 atom stereocenters. The second kappa shape index (κ2) is 4.42. The van der Waals surface area contributed by atoms with Gasteiger partial charge in [-0.25, -0.2) is 13.4 Å². The number of anilines is 1. The van der Waals surface area contributed by atoms with Crippen molar-refractivity contribution in [2.45, 2.75) is 4.90 Å². The first-order chi connectivity index (χ1) is 9.34. The third-order valence-electron chi connectivity index (χ3n) is 3.28. The lowest BCUT2D eigenvalue weighted by Gasteiger charge is -2.36. The summed E-state index contributed by atoms with van der Waals surface area (Å²) < 4.78 is 23.8. The number of carboxylic acid groups (broad SMARTS) is 1. The maximum Gasteiger partial charge on any atom is 0.310 e. The zero-order valence-corrected chi connectivity index (χ0v) is 12.2. The number of aromatic nitrogens is 1. The standard InChI is InChI=1S/C12H12N2O4S2/c1-20(17,18)8-2-3-9-10(4-8)19-12(13-9)14-5-7(6-14)11(15)16/h2-4,7H,5-6H2,1H3,(H,15,16). The summed E-state index contributed by atoms with van der Waals surface area (Å²) in [6, 6.07) is 4.83. The molecule has 1 aliphatic heterocycles. The Morgan fingerprint density at radius 3 is 2.75 bits per heavy atom. The van der Waals surface area contributed by atoms with Crippen molar-refractivity contribution in [2.75, 3.05) is 24.2 Å². The molecular formula is C12H12N2O4S2. The second-order valence-corrected chi connectivity index (χ2v) is 7.86. The molecule has 1 aromatic carbocycles. The van der Waals surface area contributed by atoms with Gasteiger partial charge in [0, 0.05) is 19.3 Å². The number of thiazole rings is 1. The highest BCUT2D eigenvalue weighted by Crippen LogP contribution is 2.33. The molecule has 0 amide bonds. The van der Waals surface area contributed by atoms with Gasteiger partial charge in [0.15, 0.2) is 15.0 Å². The molecule has 8 heteroatoms. The van der Waals surface area contributed by atoms with Crippen LogP contribution in [0.1, 0.15) is 0 Å². The van der Waals surface area contributed by atoms with Crippen molar-refractivity contribution in [3.8, 4) is 0 Å². The fourth-order valence-corrected chi connectivity index (χ4v) is 3.79. The molecule has 2 heterocycles. The van der Waals surface area contributed by atoms with Gasteiger partial charge in [-0.05, 0) is 18.2 Å². The van der Waals surface area contributed by atoms with Crippen LogP contribution in [0.5, 0.6) is 0 Å². The molecule has 2 aromatic rings. The average Bonchev–Trinajstić information content (AvgIpc) is 2.66. The smallest absolute Gasteiger partial charge is 0.310 e. The van der Waals surface area contributed by atoms with Gasteiger partial charge in [-0.1, -0.05) is 11.3 Å². The molecule has 3 rings (SSSR count). The van der Waals surface area contributed by atoms with Crippen molar-refractivity contribution >= 4 is 42.5 Å². The summed E-state index contributed by atoms with van der Waals surface area (Å²) in [5, 5.41) is 9.59. The molecule has 0 aliphatic carbocycles. The molecule has 0 radical (unpaired) electrons. The van der Waals surface area contributed by atoms with Crippen LogP contribution in [-0.2, 0) is 14.6 Å². The Hall–Kier alpha value is -1.67. The van der Waals surface area contributed by atoms with E-state index in [-0.39, 0.29) is 10.8 Å². The molecular weight excluding hydrogens is 300 g/mol. The van der Waals surface area contributed by atoms with Crippen molar-refractivity contribution in [1.82, 2.24) is 4.98 Å². The molecule has 0 saturated carbocycles. The largest absolute Gasteiger partial charge is 0.481 e. The van der Waals surface area contributed by atoms with Crippen LogP contribution < -0.4 is 4.90 Å². The number of carboxylic acids is 1. The first-order valence-corrected chi connectivity index (χ1v) is 8.64. The van der Waals surface area contributed by atoms with Crippen LogP contribution >= 0.6 is 11.3 Å². The molecule has 0 spiro atoms. The number of hydrogen-bond donors (Lipinski definition) is 1. The van der Waals surface area contributed by atoms with E-state index in [2.05, 4.69) is 4.98 Å². The summed E-state index contributed by atoms with van der Waals surface area (Å²) in [5.74, 6) is -1.13. The number of carbonyl (C=O) groups is 1. The molecule has 0 bridgehead atoms. The molecule has 1 aromatic heterocycles. The summed E-state index contributed by atoms with van der Waals surface area (Å²) in [6.45, 7) is 0.905. The van der Waals surface area contributed by atoms with Crippen molar-refractivity contribution in [1.29, 1.82) is 0 Å². The van der Waals surface area contributed by atoms with E-state index in [1.165, 1.54) is 23.7 Å². The van der Waals surface area contributed by atoms with Crippen LogP contribution in [0, 0.1) is 5.92 Å². The van der Waals surface area contributed by atoms with E-state index in [0.29, 0.717) is 13.1 Å². The number of aliphatic carboxylic acids is 1. The van der Waals surface area contributed by atoms with E-state index in [4.69, 9.17) is 5.11 Å². The summed E-state index contributed by atoms with van der Waals surface area (Å²) in [5.41, 5.74) is 0.733. The first kappa shape index (κ1) is 13.3. The summed E-state index contributed by atoms with van der Waals surface area (Å²) in [7, 11) is -3.23. The van der Waals surface area contributed by atoms with Gasteiger partial charge in [0.05, 0.1) is 21.0 Å². The van der Waals surface area contributed by atoms with Gasteiger partial charge < -0.3 is 10.0 Å². The quantitative estimate of drug-likeness (QED) is 0.917. The van der Waals surface area contributed by atoms with E-state index in [9.17, 15) is 13.2 Å². The van der Waals surface area contributed by atoms with Gasteiger partial charge in [-0.3, -0.25) is 4.79 Å². The van der Waals surface area contributed by atoms with Crippen LogP contribution in [0.3, 0.4) is 0 Å². The summed E-state index contributed by atoms with van der Waals surface area (Å²) >= 11 is 1.38. The third kappa shape index (κ3) is 2.25. The monoisotopic (exact) mass is 312 g/mol. The molecule has 1 saturated heterocycles. The van der Waals surface area contributed by atoms with Crippen LogP contribution in [0.2, 0.25) is 0 Å². The highest BCUT2D eigenvalue weighted by atomic mass is 32.2. The highest BCUT2D eigenvalue weighted by Gasteiger charge is 2.34. The molecule has 0 unspecified atom stereocenters. The lowest BCUT2D eigenvalue weighted by molar-refractivity contribution is -0.142. The minimum absolute atomic E-state index is 0.271. The predicted octanol–water partition coefficient (Wildman–Crippen LogP) is 1.22. The van der Waals surface area contributed by atoms with Gasteiger partial charge in [-0.15, -0.1) is 0 Å². The third-order valence-corrected chi connectivity index (χ3v) is 5.47. The lowest BCUT2D eigenvalue weighted by Crippen LogP contribution is -2.50. The first-order valence-electron chi connectivity index (χ1n) is 5.93. The normalized spacial score (nSPS) is 16.4. The van der Waals surface area contributed by atoms with Crippen LogP contribution in [0.15, 0.2) is 23.1 Å². The van der Waals surface area contributed by atoms with Gasteiger partial charge in [0.2, 0.25) is 0 Å². The zero-order chi connectivity index (χ0) is 14.5. The van der Waals surface area contributed by atoms with Gasteiger partial charge in [0.25, 0.3) is 0 Å². The van der Waals surface area contributed by atoms with E-state index in [0.717, 1.165) is 15.3 Å². The summed E-state index contributed by atoms with van der Waals surface area (Å²) in [4.78, 5) is 17.3. The SMILES string of the molecule is CS(=O)(=O)c1ccc2nc(N3CC(C(=O)O)C3)sc2c1. The second-order valence-electron chi connectivity index (χ2n) is 4.84. The maximum absolute atomic E-state index is 11.5. The Labute approximate surface area is 119 Å². The Kier molecular flexibility index (Phi) is 2.94. The number of hydrogen-bond acceptors (Lipinski definition) is 6. The van der Waals surface area contributed by atoms with Crippen LogP contribution in [-0.4, -0.2) is 43.8 Å². The van der Waals surface area contributed by atoms with Gasteiger partial charge in [-0.2, -0.15) is 0 Å². The Morgan fingerprint density at radius 2 is 2.15 bits per heavy atom. The molecule has 6 nitrogen and oxygen atoms in total. The van der Waals surface area contributed by atoms with E-state index >= 15 is 0 Å². The molecule has 1 fully saturated rings. The Balaban J connectivity index is 1.90. The van der Waals surface area contributed by atoms with E-state index in [1.807, 2.05) is 4.90 Å². The topological polar surface area (TPSA) is 87.6 Å². The van der Waals surface area contributed by atoms with Crippen molar-refractivity contribution in [3.63, 3.8) is 0 Å². The van der Waals surface area contributed by atoms with Crippen LogP contribution in [0.4, 0.5) is 5.13 Å². The number of benzene rings is 1. The number of rotatable bonds is 3. The van der Waals surface area contributed by atoms with Gasteiger partial charge in [0.1, 0.15) is 0 Å². The van der Waals surface area contributed by atoms with Crippen molar-refractivity contribution in [2.24, 2.45) is 5.92 Å². The van der Waals surface area contributed by atoms with E-state index in [1.54, 1.807) is 12.1 Å². The minimum Gasteiger partial charge on any atom is -0.481 e. The fraction of sp³-hybridized carbons (Fsp3) is 0.333. The Bertz CT molecular complexity index is 791. The van der Waals surface area contributed by atoms with Gasteiger partial charge >= 0.3 is 5.97 Å². The molecule has 1 N–H and O–H groups in total. The van der Waals surface area contributed by atoms with Crippen molar-refractivity contribution in [3.05, 3.63) is 18.2 Å². The van der Waals surface area contributed by atoms with Crippen molar-refractivity contribution < 1.29 is 18.3 Å². The predicted molar refractivity (Wildman–Crippen MR) is 76.1 cm³/mol. The minimum atomic E-state index is -3.23. The zero-order valence-electron chi connectivity index (χ0n) is 10.6. The average molecular weight is 312 g/mol. The van der Waals surface area contributed by atoms with Crippen LogP contribution in [0.25, 0.3) is 10.2 Å². The number of nitrogens with zero attached hydrogens (tertiary/aromatic N) is 2. The molecule has 20 heavy (non-hydrogen) atoms. The number of fused-ring (bicyclic) bond motifs is 1. The lowest BCUT2D eigenvalue weighted by atomic mass is 10.0. The molecule has 106 valence electrons. The van der Waals surface area contributed by atoms with E-state index < -0.39 is 15.8 Å².